The van der Waals surface area contributed by atoms with Crippen LogP contribution in [-0.4, -0.2) is 5.92 Å². The zero-order chi connectivity index (χ0) is 35.7. The Hall–Kier alpha value is -2.54. The van der Waals surface area contributed by atoms with Crippen LogP contribution in [0, 0.1) is 23.7 Å². The first-order chi connectivity index (χ1) is 23.9. The van der Waals surface area contributed by atoms with Crippen LogP contribution in [0.5, 0.6) is 0 Å². The minimum atomic E-state index is -2.26. The molecule has 0 saturated heterocycles. The summed E-state index contributed by atoms with van der Waals surface area (Å²) >= 11 is -2.26. The number of rotatable bonds is 13. The molecule has 0 amide bonds. The van der Waals surface area contributed by atoms with Gasteiger partial charge >= 0.3 is 316 Å². The van der Waals surface area contributed by atoms with Crippen molar-refractivity contribution >= 4 is 18.1 Å². The normalized spacial score (nSPS) is 16.9. The molecule has 2 unspecified atom stereocenters. The van der Waals surface area contributed by atoms with E-state index >= 15 is 0 Å². The second-order valence-corrected chi connectivity index (χ2v) is 37.3. The average molecular weight is 757 g/mol. The van der Waals surface area contributed by atoms with Crippen molar-refractivity contribution in [3.63, 3.8) is 0 Å². The third kappa shape index (κ3) is 7.78. The summed E-state index contributed by atoms with van der Waals surface area (Å²) in [5.41, 5.74) is 18.7. The Labute approximate surface area is 313 Å². The summed E-state index contributed by atoms with van der Waals surface area (Å²) < 4.78 is 1.31. The topological polar surface area (TPSA) is 0 Å². The van der Waals surface area contributed by atoms with Gasteiger partial charge in [-0.1, -0.05) is 0 Å². The Morgan fingerprint density at radius 2 is 0.820 bits per heavy atom. The molecule has 0 saturated carbocycles. The standard InChI is InChI=1S/2C23H27.C2H7Si.Zr/c2*1-16(2)12-18-14-20-9-7-11-22(23(20)15-18)21-10-6-5-8-19(21)13-17(3)4;1-3-2;/h2*5-11,14-17H,12-13H2,1-4H3;3H,1-2H3;. The Morgan fingerprint density at radius 3 is 1.18 bits per heavy atom. The van der Waals surface area contributed by atoms with Gasteiger partial charge in [0.15, 0.2) is 0 Å². The molecule has 4 aromatic carbocycles. The fraction of sp³-hybridized carbons (Fsp3) is 0.417. The van der Waals surface area contributed by atoms with E-state index in [1.54, 1.807) is 33.4 Å². The molecule has 2 aliphatic rings. The first kappa shape index (κ1) is 37.2. The predicted molar refractivity (Wildman–Crippen MR) is 220 cm³/mol. The monoisotopic (exact) mass is 755 g/mol. The van der Waals surface area contributed by atoms with Crippen molar-refractivity contribution in [3.8, 4) is 22.3 Å². The number of fused-ring (bicyclic) bond motifs is 2. The van der Waals surface area contributed by atoms with Crippen LogP contribution < -0.4 is 0 Å². The summed E-state index contributed by atoms with van der Waals surface area (Å²) in [7, 11) is 0. The first-order valence-electron chi connectivity index (χ1n) is 19.6. The average Bonchev–Trinajstić information content (AvgIpc) is 3.58. The molecule has 0 aliphatic heterocycles. The fourth-order valence-corrected chi connectivity index (χ4v) is 31.9. The Morgan fingerprint density at radius 1 is 0.460 bits per heavy atom. The van der Waals surface area contributed by atoms with Crippen molar-refractivity contribution in [1.82, 2.24) is 0 Å². The quantitative estimate of drug-likeness (QED) is 0.119. The number of hydrogen-bond donors (Lipinski definition) is 0. The maximum absolute atomic E-state index is 2.73. The second kappa shape index (κ2) is 16.0. The number of allylic oxidation sites excluding steroid dienone is 2. The van der Waals surface area contributed by atoms with Crippen LogP contribution in [0.25, 0.3) is 34.4 Å². The molecule has 2 heteroatoms. The fourth-order valence-electron chi connectivity index (χ4n) is 9.12. The van der Waals surface area contributed by atoms with E-state index in [0.29, 0.717) is 30.9 Å². The van der Waals surface area contributed by atoms with Crippen LogP contribution in [0.4, 0.5) is 0 Å². The Balaban J connectivity index is 1.53. The van der Waals surface area contributed by atoms with E-state index in [1.807, 2.05) is 0 Å². The van der Waals surface area contributed by atoms with Gasteiger partial charge in [-0.2, -0.15) is 0 Å². The van der Waals surface area contributed by atoms with E-state index in [9.17, 15) is 0 Å². The minimum absolute atomic E-state index is 0.635. The van der Waals surface area contributed by atoms with E-state index in [2.05, 4.69) is 166 Å². The van der Waals surface area contributed by atoms with Gasteiger partial charge in [0, 0.05) is 0 Å². The molecule has 6 rings (SSSR count). The van der Waals surface area contributed by atoms with Gasteiger partial charge in [0.2, 0.25) is 0 Å². The molecule has 0 nitrogen and oxygen atoms in total. The van der Waals surface area contributed by atoms with Crippen molar-refractivity contribution < 1.29 is 20.9 Å². The van der Waals surface area contributed by atoms with Crippen LogP contribution in [0.3, 0.4) is 0 Å². The maximum atomic E-state index is 2.73. The summed E-state index contributed by atoms with van der Waals surface area (Å²) in [6.07, 6.45) is 10.1. The molecule has 0 radical (unpaired) electrons. The van der Waals surface area contributed by atoms with Crippen LogP contribution in [-0.2, 0) is 33.8 Å². The molecule has 2 atom stereocenters. The number of benzene rings is 4. The van der Waals surface area contributed by atoms with Gasteiger partial charge in [0.1, 0.15) is 0 Å². The Bertz CT molecular complexity index is 1740. The molecule has 0 aromatic heterocycles. The van der Waals surface area contributed by atoms with Gasteiger partial charge in [-0.15, -0.1) is 0 Å². The van der Waals surface area contributed by atoms with Gasteiger partial charge in [-0.3, -0.25) is 0 Å². The molecule has 2 aliphatic carbocycles. The van der Waals surface area contributed by atoms with Crippen LogP contribution >= 0.6 is 0 Å². The summed E-state index contributed by atoms with van der Waals surface area (Å²) in [6, 6.07) is 33.3. The van der Waals surface area contributed by atoms with Crippen molar-refractivity contribution in [2.75, 3.05) is 0 Å². The van der Waals surface area contributed by atoms with Crippen molar-refractivity contribution in [2.24, 2.45) is 23.7 Å². The summed E-state index contributed by atoms with van der Waals surface area (Å²) in [5, 5.41) is 0. The van der Waals surface area contributed by atoms with Crippen LogP contribution in [0.1, 0.15) is 109 Å². The molecule has 0 N–H and O–H groups in total. The summed E-state index contributed by atoms with van der Waals surface area (Å²) in [4.78, 5) is 0. The first-order valence-corrected chi connectivity index (χ1v) is 29.6. The summed E-state index contributed by atoms with van der Waals surface area (Å²) in [5.74, 6) is 1.57. The van der Waals surface area contributed by atoms with E-state index < -0.39 is 26.8 Å². The van der Waals surface area contributed by atoms with Gasteiger partial charge in [0.05, 0.1) is 0 Å². The molecular weight excluding hydrogens is 696 g/mol. The van der Waals surface area contributed by atoms with E-state index in [-0.39, 0.29) is 0 Å². The van der Waals surface area contributed by atoms with E-state index in [4.69, 9.17) is 0 Å². The van der Waals surface area contributed by atoms with Crippen LogP contribution in [0.15, 0.2) is 96.1 Å². The van der Waals surface area contributed by atoms with Crippen molar-refractivity contribution in [2.45, 2.75) is 101 Å². The van der Waals surface area contributed by atoms with Crippen molar-refractivity contribution in [3.05, 3.63) is 129 Å². The molecule has 0 fully saturated rings. The van der Waals surface area contributed by atoms with E-state index in [1.165, 1.54) is 46.2 Å². The zero-order valence-electron chi connectivity index (χ0n) is 32.6. The molecule has 0 bridgehead atoms. The van der Waals surface area contributed by atoms with Gasteiger partial charge < -0.3 is 0 Å². The molecule has 50 heavy (non-hydrogen) atoms. The molecule has 4 aromatic rings. The molecule has 0 spiro atoms. The third-order valence-electron chi connectivity index (χ3n) is 10.8. The number of hydrogen-bond acceptors (Lipinski definition) is 0. The summed E-state index contributed by atoms with van der Waals surface area (Å²) in [6.45, 7) is 24.6. The van der Waals surface area contributed by atoms with Gasteiger partial charge in [-0.05, 0) is 0 Å². The molecule has 0 heterocycles. The molecule has 261 valence electrons. The van der Waals surface area contributed by atoms with Gasteiger partial charge in [0.25, 0.3) is 0 Å². The van der Waals surface area contributed by atoms with Gasteiger partial charge in [-0.25, -0.2) is 0 Å². The van der Waals surface area contributed by atoms with Crippen molar-refractivity contribution in [1.29, 1.82) is 0 Å². The van der Waals surface area contributed by atoms with Crippen LogP contribution in [0.2, 0.25) is 13.1 Å². The van der Waals surface area contributed by atoms with E-state index in [0.717, 1.165) is 12.8 Å². The molecular formula is C48H61SiZr. The zero-order valence-corrected chi connectivity index (χ0v) is 36.2. The SMILES string of the molecule is CC(C)CC1=Cc2c(-c3ccccc3CC(C)C)cccc2[CH]1[Zr]([CH]1C(CC(C)C)=Cc2c(-c3ccccc3CC(C)C)cccc21)[SiH](C)C. The predicted octanol–water partition coefficient (Wildman–Crippen LogP) is 13.7. The second-order valence-electron chi connectivity index (χ2n) is 17.3. The third-order valence-corrected chi connectivity index (χ3v) is 32.5. The Kier molecular flexibility index (Phi) is 11.9.